The molecule has 0 bridgehead atoms. The Kier molecular flexibility index (Phi) is 8.53. The highest BCUT2D eigenvalue weighted by Crippen LogP contribution is 2.39. The number of thiophene rings is 1. The molecule has 198 valence electrons. The molecule has 1 amide bonds. The van der Waals surface area contributed by atoms with Crippen molar-refractivity contribution < 1.29 is 19.4 Å². The third-order valence-electron chi connectivity index (χ3n) is 7.20. The minimum absolute atomic E-state index is 0.0302. The van der Waals surface area contributed by atoms with E-state index in [2.05, 4.69) is 29.0 Å². The van der Waals surface area contributed by atoms with Gasteiger partial charge in [0.25, 0.3) is 0 Å². The summed E-state index contributed by atoms with van der Waals surface area (Å²) in [4.78, 5) is 29.0. The van der Waals surface area contributed by atoms with Crippen LogP contribution in [0.2, 0.25) is 0 Å². The highest BCUT2D eigenvalue weighted by Gasteiger charge is 2.37. The summed E-state index contributed by atoms with van der Waals surface area (Å²) in [6.07, 6.45) is 10.1. The normalized spacial score (nSPS) is 24.0. The number of anilines is 1. The first kappa shape index (κ1) is 27.1. The summed E-state index contributed by atoms with van der Waals surface area (Å²) < 4.78 is 6.09. The number of amides is 1. The van der Waals surface area contributed by atoms with Gasteiger partial charge >= 0.3 is 5.97 Å². The Labute approximate surface area is 223 Å². The quantitative estimate of drug-likeness (QED) is 0.454. The van der Waals surface area contributed by atoms with Crippen LogP contribution in [0, 0.1) is 29.1 Å². The zero-order valence-electron chi connectivity index (χ0n) is 22.2. The van der Waals surface area contributed by atoms with Gasteiger partial charge in [0.15, 0.2) is 0 Å². The van der Waals surface area contributed by atoms with E-state index in [4.69, 9.17) is 4.74 Å². The fourth-order valence-corrected chi connectivity index (χ4v) is 6.03. The summed E-state index contributed by atoms with van der Waals surface area (Å²) in [6, 6.07) is 3.55. The van der Waals surface area contributed by atoms with E-state index in [1.807, 2.05) is 31.7 Å². The second-order valence-corrected chi connectivity index (χ2v) is 12.5. The molecule has 0 atom stereocenters. The van der Waals surface area contributed by atoms with Crippen LogP contribution in [0.5, 0.6) is 5.75 Å². The molecule has 0 radical (unpaired) electrons. The molecule has 2 aliphatic rings. The van der Waals surface area contributed by atoms with Gasteiger partial charge in [-0.05, 0) is 84.1 Å². The van der Waals surface area contributed by atoms with E-state index in [0.29, 0.717) is 22.2 Å². The Balaban J connectivity index is 1.61. The highest BCUT2D eigenvalue weighted by atomic mass is 32.1. The van der Waals surface area contributed by atoms with Crippen molar-refractivity contribution in [3.05, 3.63) is 34.3 Å². The maximum Gasteiger partial charge on any atom is 0.348 e. The van der Waals surface area contributed by atoms with Crippen molar-refractivity contribution in [1.82, 2.24) is 10.2 Å². The van der Waals surface area contributed by atoms with Gasteiger partial charge in [0.2, 0.25) is 5.91 Å². The van der Waals surface area contributed by atoms with Crippen LogP contribution in [-0.4, -0.2) is 39.3 Å². The van der Waals surface area contributed by atoms with Gasteiger partial charge in [-0.25, -0.2) is 4.79 Å². The SMILES string of the molecule is CC(C)(C)C#Cc1cc(N(C(=O)[C@H]2CC[C@H](C)CC2)[C@H]2CC[C@H](Oc3ccnnc3)CC2)c(C(=O)O)s1. The van der Waals surface area contributed by atoms with Crippen molar-refractivity contribution >= 4 is 28.9 Å². The number of carboxylic acid groups (broad SMARTS) is 1. The minimum Gasteiger partial charge on any atom is -0.489 e. The third-order valence-corrected chi connectivity index (χ3v) is 8.23. The molecule has 2 heterocycles. The van der Waals surface area contributed by atoms with E-state index in [0.717, 1.165) is 62.7 Å². The molecule has 0 spiro atoms. The molecule has 2 aromatic heterocycles. The molecule has 8 heteroatoms. The summed E-state index contributed by atoms with van der Waals surface area (Å²) in [7, 11) is 0. The molecule has 37 heavy (non-hydrogen) atoms. The van der Waals surface area contributed by atoms with E-state index in [1.165, 1.54) is 0 Å². The number of hydrogen-bond acceptors (Lipinski definition) is 6. The van der Waals surface area contributed by atoms with Crippen LogP contribution < -0.4 is 9.64 Å². The van der Waals surface area contributed by atoms with E-state index in [-0.39, 0.29) is 34.3 Å². The molecule has 1 N–H and O–H groups in total. The first-order valence-corrected chi connectivity index (χ1v) is 14.1. The second kappa shape index (κ2) is 11.6. The summed E-state index contributed by atoms with van der Waals surface area (Å²) >= 11 is 1.16. The van der Waals surface area contributed by atoms with Gasteiger partial charge in [-0.1, -0.05) is 18.8 Å². The van der Waals surface area contributed by atoms with Gasteiger partial charge < -0.3 is 14.7 Å². The lowest BCUT2D eigenvalue weighted by atomic mass is 9.81. The van der Waals surface area contributed by atoms with Crippen molar-refractivity contribution in [3.63, 3.8) is 0 Å². The molecule has 0 aliphatic heterocycles. The van der Waals surface area contributed by atoms with Crippen LogP contribution in [0.15, 0.2) is 24.5 Å². The van der Waals surface area contributed by atoms with Gasteiger partial charge in [0.1, 0.15) is 10.6 Å². The van der Waals surface area contributed by atoms with Crippen molar-refractivity contribution in [2.24, 2.45) is 17.3 Å². The summed E-state index contributed by atoms with van der Waals surface area (Å²) in [5.74, 6) is 6.65. The number of rotatable bonds is 6. The molecule has 2 saturated carbocycles. The standard InChI is InChI=1S/C29H37N3O4S/c1-19-5-7-20(8-6-19)27(33)32(21-9-11-22(12-10-21)36-23-14-16-30-31-18-23)25-17-24(13-15-29(2,3)4)37-26(25)28(34)35/h14,16-22H,5-12H2,1-4H3,(H,34,35)/t19-,20-,21-,22-. The number of carboxylic acids is 1. The van der Waals surface area contributed by atoms with Crippen molar-refractivity contribution in [3.8, 4) is 17.6 Å². The zero-order valence-corrected chi connectivity index (χ0v) is 23.0. The molecular weight excluding hydrogens is 486 g/mol. The van der Waals surface area contributed by atoms with E-state index in [1.54, 1.807) is 18.5 Å². The Morgan fingerprint density at radius 2 is 1.78 bits per heavy atom. The van der Waals surface area contributed by atoms with Crippen LogP contribution in [0.25, 0.3) is 0 Å². The number of nitrogens with zero attached hydrogens (tertiary/aromatic N) is 3. The smallest absolute Gasteiger partial charge is 0.348 e. The first-order chi connectivity index (χ1) is 17.6. The zero-order chi connectivity index (χ0) is 26.6. The number of carbonyl (C=O) groups excluding carboxylic acids is 1. The predicted molar refractivity (Wildman–Crippen MR) is 145 cm³/mol. The van der Waals surface area contributed by atoms with Gasteiger partial charge in [-0.3, -0.25) is 4.79 Å². The van der Waals surface area contributed by atoms with Crippen LogP contribution >= 0.6 is 11.3 Å². The van der Waals surface area contributed by atoms with Crippen LogP contribution in [0.1, 0.15) is 93.6 Å². The molecule has 4 rings (SSSR count). The van der Waals surface area contributed by atoms with Gasteiger partial charge in [-0.2, -0.15) is 10.2 Å². The summed E-state index contributed by atoms with van der Waals surface area (Å²) in [5.41, 5.74) is 0.298. The average molecular weight is 524 g/mol. The lowest BCUT2D eigenvalue weighted by Gasteiger charge is -2.39. The minimum atomic E-state index is -1.01. The Morgan fingerprint density at radius 1 is 1.08 bits per heavy atom. The fourth-order valence-electron chi connectivity index (χ4n) is 5.19. The monoisotopic (exact) mass is 523 g/mol. The van der Waals surface area contributed by atoms with Crippen molar-refractivity contribution in [2.75, 3.05) is 4.90 Å². The second-order valence-electron chi connectivity index (χ2n) is 11.4. The first-order valence-electron chi connectivity index (χ1n) is 13.3. The van der Waals surface area contributed by atoms with E-state index >= 15 is 0 Å². The average Bonchev–Trinajstić information content (AvgIpc) is 3.29. The van der Waals surface area contributed by atoms with Crippen LogP contribution in [0.4, 0.5) is 5.69 Å². The Morgan fingerprint density at radius 3 is 2.38 bits per heavy atom. The van der Waals surface area contributed by atoms with Gasteiger partial charge in [-0.15, -0.1) is 11.3 Å². The van der Waals surface area contributed by atoms with Gasteiger partial charge in [0.05, 0.1) is 29.1 Å². The molecule has 0 unspecified atom stereocenters. The van der Waals surface area contributed by atoms with E-state index in [9.17, 15) is 14.7 Å². The van der Waals surface area contributed by atoms with Crippen LogP contribution in [-0.2, 0) is 4.79 Å². The van der Waals surface area contributed by atoms with Crippen molar-refractivity contribution in [2.45, 2.75) is 91.2 Å². The number of ether oxygens (including phenoxy) is 1. The highest BCUT2D eigenvalue weighted by molar-refractivity contribution is 7.15. The van der Waals surface area contributed by atoms with E-state index < -0.39 is 5.97 Å². The largest absolute Gasteiger partial charge is 0.489 e. The maximum atomic E-state index is 14.0. The predicted octanol–water partition coefficient (Wildman–Crippen LogP) is 6.18. The fraction of sp³-hybridized carbons (Fsp3) is 0.586. The Hall–Kier alpha value is -2.92. The van der Waals surface area contributed by atoms with Gasteiger partial charge in [0, 0.05) is 23.4 Å². The molecule has 2 aliphatic carbocycles. The molecule has 2 fully saturated rings. The summed E-state index contributed by atoms with van der Waals surface area (Å²) in [6.45, 7) is 8.30. The number of aromatic nitrogens is 2. The lowest BCUT2D eigenvalue weighted by molar-refractivity contribution is -0.124. The summed E-state index contributed by atoms with van der Waals surface area (Å²) in [5, 5.41) is 17.8. The number of aromatic carboxylic acids is 1. The van der Waals surface area contributed by atoms with Crippen LogP contribution in [0.3, 0.4) is 0 Å². The maximum absolute atomic E-state index is 14.0. The number of carbonyl (C=O) groups is 2. The third kappa shape index (κ3) is 7.10. The molecular formula is C29H37N3O4S. The van der Waals surface area contributed by atoms with Crippen molar-refractivity contribution in [1.29, 1.82) is 0 Å². The molecule has 7 nitrogen and oxygen atoms in total. The molecule has 0 aromatic carbocycles. The number of hydrogen-bond donors (Lipinski definition) is 1. The lowest BCUT2D eigenvalue weighted by Crippen LogP contribution is -2.47. The topological polar surface area (TPSA) is 92.6 Å². The molecule has 2 aromatic rings. The molecule has 0 saturated heterocycles. The Bertz CT molecular complexity index is 1150.